The van der Waals surface area contributed by atoms with E-state index in [1.165, 1.54) is 44.3 Å². The van der Waals surface area contributed by atoms with Gasteiger partial charge in [-0.1, -0.05) is 20.8 Å². The molecule has 1 atom stereocenters. The Hall–Kier alpha value is -0.380. The zero-order chi connectivity index (χ0) is 14.6. The maximum Gasteiger partial charge on any atom is 0.0329 e. The number of thiophene rings is 1. The van der Waals surface area contributed by atoms with Crippen molar-refractivity contribution in [2.45, 2.75) is 64.5 Å². The fourth-order valence-electron chi connectivity index (χ4n) is 3.33. The van der Waals surface area contributed by atoms with Crippen LogP contribution in [0.2, 0.25) is 0 Å². The van der Waals surface area contributed by atoms with Gasteiger partial charge in [-0.25, -0.2) is 0 Å². The second-order valence-corrected chi connectivity index (χ2v) is 7.28. The molecule has 0 radical (unpaired) electrons. The molecule has 0 amide bonds. The fourth-order valence-corrected chi connectivity index (χ4v) is 4.04. The van der Waals surface area contributed by atoms with Crippen LogP contribution in [-0.2, 0) is 6.42 Å². The SMILES string of the molecule is CCC1(C)CN(CCc2ccsc2)C(CC)(CC)CN1. The summed E-state index contributed by atoms with van der Waals surface area (Å²) in [6.45, 7) is 12.9. The van der Waals surface area contributed by atoms with Crippen LogP contribution in [0.4, 0.5) is 0 Å². The Morgan fingerprint density at radius 2 is 2.00 bits per heavy atom. The molecule has 0 spiro atoms. The lowest BCUT2D eigenvalue weighted by Crippen LogP contribution is -2.68. The highest BCUT2D eigenvalue weighted by Crippen LogP contribution is 2.31. The van der Waals surface area contributed by atoms with Crippen LogP contribution in [0.25, 0.3) is 0 Å². The Labute approximate surface area is 128 Å². The first-order chi connectivity index (χ1) is 9.57. The predicted molar refractivity (Wildman–Crippen MR) is 89.6 cm³/mol. The molecule has 1 saturated heterocycles. The average molecular weight is 295 g/mol. The Kier molecular flexibility index (Phi) is 5.27. The molecule has 2 nitrogen and oxygen atoms in total. The van der Waals surface area contributed by atoms with Crippen LogP contribution in [0.3, 0.4) is 0 Å². The van der Waals surface area contributed by atoms with Gasteiger partial charge in [-0.2, -0.15) is 11.3 Å². The molecule has 0 bridgehead atoms. The monoisotopic (exact) mass is 294 g/mol. The minimum atomic E-state index is 0.280. The van der Waals surface area contributed by atoms with Gasteiger partial charge in [0, 0.05) is 30.7 Å². The summed E-state index contributed by atoms with van der Waals surface area (Å²) in [5, 5.41) is 8.30. The third-order valence-corrected chi connectivity index (χ3v) is 6.13. The summed E-state index contributed by atoms with van der Waals surface area (Å²) >= 11 is 1.81. The Balaban J connectivity index is 2.09. The van der Waals surface area contributed by atoms with E-state index in [1.54, 1.807) is 0 Å². The van der Waals surface area contributed by atoms with Gasteiger partial charge in [-0.3, -0.25) is 4.90 Å². The number of piperazine rings is 1. The normalized spacial score (nSPS) is 26.8. The van der Waals surface area contributed by atoms with Gasteiger partial charge in [0.25, 0.3) is 0 Å². The second-order valence-electron chi connectivity index (χ2n) is 6.50. The first-order valence-corrected chi connectivity index (χ1v) is 9.03. The Morgan fingerprint density at radius 3 is 2.55 bits per heavy atom. The molecule has 3 heteroatoms. The summed E-state index contributed by atoms with van der Waals surface area (Å²) in [6.07, 6.45) is 4.86. The molecular weight excluding hydrogens is 264 g/mol. The van der Waals surface area contributed by atoms with Crippen LogP contribution >= 0.6 is 11.3 Å². The first kappa shape index (κ1) is 16.0. The quantitative estimate of drug-likeness (QED) is 0.855. The molecule has 1 fully saturated rings. The molecule has 1 N–H and O–H groups in total. The first-order valence-electron chi connectivity index (χ1n) is 8.08. The summed E-state index contributed by atoms with van der Waals surface area (Å²) in [4.78, 5) is 2.77. The molecule has 114 valence electrons. The minimum absolute atomic E-state index is 0.280. The van der Waals surface area contributed by atoms with Crippen LogP contribution in [0, 0.1) is 0 Å². The molecule has 0 saturated carbocycles. The van der Waals surface area contributed by atoms with Crippen LogP contribution in [0.5, 0.6) is 0 Å². The average Bonchev–Trinajstić information content (AvgIpc) is 2.99. The Bertz CT molecular complexity index is 397. The number of nitrogens with one attached hydrogen (secondary N) is 1. The smallest absolute Gasteiger partial charge is 0.0329 e. The summed E-state index contributed by atoms with van der Waals surface area (Å²) < 4.78 is 0. The summed E-state index contributed by atoms with van der Waals surface area (Å²) in [6, 6.07) is 2.27. The summed E-state index contributed by atoms with van der Waals surface area (Å²) in [5.41, 5.74) is 2.13. The molecule has 0 aromatic carbocycles. The van der Waals surface area contributed by atoms with E-state index in [-0.39, 0.29) is 5.54 Å². The molecule has 2 heterocycles. The highest BCUT2D eigenvalue weighted by molar-refractivity contribution is 7.07. The molecule has 1 aromatic rings. The zero-order valence-electron chi connectivity index (χ0n) is 13.5. The van der Waals surface area contributed by atoms with Gasteiger partial charge in [0.05, 0.1) is 0 Å². The van der Waals surface area contributed by atoms with Crippen molar-refractivity contribution in [1.82, 2.24) is 10.2 Å². The van der Waals surface area contributed by atoms with Gasteiger partial charge < -0.3 is 5.32 Å². The molecule has 2 rings (SSSR count). The van der Waals surface area contributed by atoms with Crippen LogP contribution in [-0.4, -0.2) is 35.6 Å². The van der Waals surface area contributed by atoms with E-state index < -0.39 is 0 Å². The van der Waals surface area contributed by atoms with Gasteiger partial charge in [0.15, 0.2) is 0 Å². The van der Waals surface area contributed by atoms with E-state index in [0.717, 1.165) is 6.54 Å². The van der Waals surface area contributed by atoms with Gasteiger partial charge >= 0.3 is 0 Å². The molecule has 1 aliphatic heterocycles. The van der Waals surface area contributed by atoms with Crippen molar-refractivity contribution in [3.8, 4) is 0 Å². The van der Waals surface area contributed by atoms with Crippen LogP contribution < -0.4 is 5.32 Å². The lowest BCUT2D eigenvalue weighted by Gasteiger charge is -2.53. The summed E-state index contributed by atoms with van der Waals surface area (Å²) in [5.74, 6) is 0. The van der Waals surface area contributed by atoms with E-state index in [2.05, 4.69) is 54.7 Å². The number of hydrogen-bond acceptors (Lipinski definition) is 3. The van der Waals surface area contributed by atoms with Crippen LogP contribution in [0.15, 0.2) is 16.8 Å². The van der Waals surface area contributed by atoms with Crippen molar-refractivity contribution >= 4 is 11.3 Å². The Morgan fingerprint density at radius 1 is 1.25 bits per heavy atom. The van der Waals surface area contributed by atoms with Gasteiger partial charge in [-0.15, -0.1) is 0 Å². The van der Waals surface area contributed by atoms with Gasteiger partial charge in [0.1, 0.15) is 0 Å². The molecule has 1 aliphatic rings. The lowest BCUT2D eigenvalue weighted by atomic mass is 9.82. The van der Waals surface area contributed by atoms with Crippen molar-refractivity contribution in [1.29, 1.82) is 0 Å². The van der Waals surface area contributed by atoms with Gasteiger partial charge in [0.2, 0.25) is 0 Å². The van der Waals surface area contributed by atoms with E-state index in [1.807, 2.05) is 11.3 Å². The van der Waals surface area contributed by atoms with Crippen molar-refractivity contribution in [3.63, 3.8) is 0 Å². The predicted octanol–water partition coefficient (Wildman–Crippen LogP) is 3.92. The van der Waals surface area contributed by atoms with E-state index in [0.29, 0.717) is 5.54 Å². The van der Waals surface area contributed by atoms with Crippen molar-refractivity contribution < 1.29 is 0 Å². The molecule has 1 aromatic heterocycles. The van der Waals surface area contributed by atoms with E-state index in [4.69, 9.17) is 0 Å². The molecule has 20 heavy (non-hydrogen) atoms. The number of nitrogens with zero attached hydrogens (tertiary/aromatic N) is 1. The number of rotatable bonds is 6. The molecule has 1 unspecified atom stereocenters. The van der Waals surface area contributed by atoms with Crippen molar-refractivity contribution in [2.24, 2.45) is 0 Å². The highest BCUT2D eigenvalue weighted by Gasteiger charge is 2.42. The van der Waals surface area contributed by atoms with E-state index in [9.17, 15) is 0 Å². The standard InChI is InChI=1S/C17H30N2S/c1-5-16(4)14-19(10-8-15-9-11-20-12-15)17(6-2,7-3)13-18-16/h9,11-12,18H,5-8,10,13-14H2,1-4H3. The van der Waals surface area contributed by atoms with Crippen LogP contribution in [0.1, 0.15) is 52.5 Å². The topological polar surface area (TPSA) is 15.3 Å². The maximum absolute atomic E-state index is 3.82. The largest absolute Gasteiger partial charge is 0.308 e. The van der Waals surface area contributed by atoms with Gasteiger partial charge in [-0.05, 0) is 55.0 Å². The summed E-state index contributed by atoms with van der Waals surface area (Å²) in [7, 11) is 0. The highest BCUT2D eigenvalue weighted by atomic mass is 32.1. The second kappa shape index (κ2) is 6.59. The molecule has 0 aliphatic carbocycles. The fraction of sp³-hybridized carbons (Fsp3) is 0.765. The zero-order valence-corrected chi connectivity index (χ0v) is 14.4. The maximum atomic E-state index is 3.82. The lowest BCUT2D eigenvalue weighted by molar-refractivity contribution is 0.00330. The van der Waals surface area contributed by atoms with Crippen molar-refractivity contribution in [3.05, 3.63) is 22.4 Å². The number of hydrogen-bond donors (Lipinski definition) is 1. The third kappa shape index (κ3) is 3.26. The molecular formula is C17H30N2S. The minimum Gasteiger partial charge on any atom is -0.308 e. The van der Waals surface area contributed by atoms with Crippen molar-refractivity contribution in [2.75, 3.05) is 19.6 Å². The van der Waals surface area contributed by atoms with E-state index >= 15 is 0 Å². The third-order valence-electron chi connectivity index (χ3n) is 5.40.